The minimum atomic E-state index is -4.08. The van der Waals surface area contributed by atoms with E-state index in [2.05, 4.69) is 4.72 Å². The lowest BCUT2D eigenvalue weighted by atomic mass is 9.97. The van der Waals surface area contributed by atoms with E-state index in [4.69, 9.17) is 4.74 Å². The molecule has 0 radical (unpaired) electrons. The van der Waals surface area contributed by atoms with Crippen molar-refractivity contribution in [1.29, 1.82) is 0 Å². The molecule has 1 amide bonds. The quantitative estimate of drug-likeness (QED) is 0.364. The molecule has 1 aromatic heterocycles. The Morgan fingerprint density at radius 1 is 0.950 bits per heavy atom. The van der Waals surface area contributed by atoms with Gasteiger partial charge in [-0.15, -0.1) is 0 Å². The molecule has 8 nitrogen and oxygen atoms in total. The second-order valence-electron chi connectivity index (χ2n) is 11.2. The average molecular weight is 572 g/mol. The fourth-order valence-corrected chi connectivity index (χ4v) is 6.42. The summed E-state index contributed by atoms with van der Waals surface area (Å²) in [6.07, 6.45) is -1.99. The van der Waals surface area contributed by atoms with E-state index in [0.29, 0.717) is 21.8 Å². The zero-order valence-electron chi connectivity index (χ0n) is 22.6. The van der Waals surface area contributed by atoms with Crippen molar-refractivity contribution in [2.24, 2.45) is 0 Å². The fraction of sp³-hybridized carbons (Fsp3) is 0.345. The summed E-state index contributed by atoms with van der Waals surface area (Å²) < 4.78 is 65.0. The number of hydrogen-bond acceptors (Lipinski definition) is 5. The molecule has 5 rings (SSSR count). The number of hydrogen-bond donors (Lipinski definition) is 2. The molecule has 1 fully saturated rings. The number of carbonyl (C=O) groups is 1. The van der Waals surface area contributed by atoms with Gasteiger partial charge in [-0.2, -0.15) is 0 Å². The number of ether oxygens (including phenoxy) is 1. The van der Waals surface area contributed by atoms with Crippen LogP contribution in [0.1, 0.15) is 32.4 Å². The van der Waals surface area contributed by atoms with E-state index >= 15 is 0 Å². The van der Waals surface area contributed by atoms with Gasteiger partial charge in [0.1, 0.15) is 17.2 Å². The molecule has 11 heteroatoms. The Kier molecular flexibility index (Phi) is 7.10. The SMILES string of the molecule is Cc1ccc(S(=O)(=O)N[C@@H]2CN(C(=O)OC(C)(C)C)C[C@H](n3c4ccc(F)cc4c4cc(F)ccc43)[C@H]2O)cc1. The van der Waals surface area contributed by atoms with Crippen molar-refractivity contribution in [3.05, 3.63) is 77.9 Å². The minimum Gasteiger partial charge on any atom is -0.444 e. The van der Waals surface area contributed by atoms with Crippen LogP contribution in [-0.4, -0.2) is 59.9 Å². The van der Waals surface area contributed by atoms with Gasteiger partial charge >= 0.3 is 6.09 Å². The molecule has 0 aliphatic carbocycles. The number of aryl methyl sites for hydroxylation is 1. The maximum atomic E-state index is 14.3. The Morgan fingerprint density at radius 3 is 2.02 bits per heavy atom. The third-order valence-corrected chi connectivity index (χ3v) is 8.48. The fourth-order valence-electron chi connectivity index (χ4n) is 5.18. The van der Waals surface area contributed by atoms with E-state index < -0.39 is 51.5 Å². The molecule has 4 aromatic rings. The molecule has 40 heavy (non-hydrogen) atoms. The molecule has 0 bridgehead atoms. The van der Waals surface area contributed by atoms with Crippen molar-refractivity contribution in [2.45, 2.75) is 56.4 Å². The predicted molar refractivity (Wildman–Crippen MR) is 147 cm³/mol. The Balaban J connectivity index is 1.62. The second kappa shape index (κ2) is 10.1. The van der Waals surface area contributed by atoms with Crippen LogP contribution in [0.4, 0.5) is 13.6 Å². The van der Waals surface area contributed by atoms with Crippen LogP contribution in [0.5, 0.6) is 0 Å². The van der Waals surface area contributed by atoms with Crippen molar-refractivity contribution in [2.75, 3.05) is 13.1 Å². The highest BCUT2D eigenvalue weighted by atomic mass is 32.2. The number of benzene rings is 3. The van der Waals surface area contributed by atoms with Crippen LogP contribution in [0, 0.1) is 18.6 Å². The number of aromatic nitrogens is 1. The van der Waals surface area contributed by atoms with Gasteiger partial charge in [0.2, 0.25) is 10.0 Å². The number of aliphatic hydroxyl groups is 1. The molecule has 1 aliphatic heterocycles. The van der Waals surface area contributed by atoms with Gasteiger partial charge in [-0.25, -0.2) is 26.7 Å². The average Bonchev–Trinajstić information content (AvgIpc) is 3.17. The third-order valence-electron chi connectivity index (χ3n) is 6.98. The van der Waals surface area contributed by atoms with Gasteiger partial charge in [0.05, 0.1) is 23.1 Å². The van der Waals surface area contributed by atoms with E-state index in [9.17, 15) is 27.1 Å². The molecule has 3 aromatic carbocycles. The Labute approximate surface area is 231 Å². The summed E-state index contributed by atoms with van der Waals surface area (Å²) in [5.74, 6) is -1.03. The van der Waals surface area contributed by atoms with E-state index in [-0.39, 0.29) is 18.0 Å². The van der Waals surface area contributed by atoms with Gasteiger partial charge < -0.3 is 19.3 Å². The van der Waals surface area contributed by atoms with Crippen molar-refractivity contribution in [3.8, 4) is 0 Å². The highest BCUT2D eigenvalue weighted by molar-refractivity contribution is 7.89. The number of fused-ring (bicyclic) bond motifs is 3. The number of halogens is 2. The summed E-state index contributed by atoms with van der Waals surface area (Å²) in [4.78, 5) is 14.6. The molecule has 2 N–H and O–H groups in total. The maximum absolute atomic E-state index is 14.3. The number of amides is 1. The largest absolute Gasteiger partial charge is 0.444 e. The molecule has 1 aliphatic rings. The van der Waals surface area contributed by atoms with Crippen LogP contribution in [0.3, 0.4) is 0 Å². The summed E-state index contributed by atoms with van der Waals surface area (Å²) in [5, 5.41) is 12.5. The first-order chi connectivity index (χ1) is 18.7. The van der Waals surface area contributed by atoms with Crippen LogP contribution < -0.4 is 4.72 Å². The molecule has 0 saturated carbocycles. The first-order valence-corrected chi connectivity index (χ1v) is 14.4. The molecule has 2 heterocycles. The number of carbonyl (C=O) groups excluding carboxylic acids is 1. The van der Waals surface area contributed by atoms with Gasteiger partial charge in [-0.1, -0.05) is 17.7 Å². The number of aliphatic hydroxyl groups excluding tert-OH is 1. The van der Waals surface area contributed by atoms with Gasteiger partial charge in [-0.3, -0.25) is 0 Å². The Hall–Kier alpha value is -3.54. The van der Waals surface area contributed by atoms with Crippen LogP contribution in [0.2, 0.25) is 0 Å². The summed E-state index contributed by atoms with van der Waals surface area (Å²) in [6, 6.07) is 12.4. The molecular formula is C29H31F2N3O5S. The summed E-state index contributed by atoms with van der Waals surface area (Å²) in [7, 11) is -4.08. The lowest BCUT2D eigenvalue weighted by Gasteiger charge is -2.42. The van der Waals surface area contributed by atoms with Crippen molar-refractivity contribution in [1.82, 2.24) is 14.2 Å². The number of sulfonamides is 1. The van der Waals surface area contributed by atoms with Crippen LogP contribution in [0.15, 0.2) is 65.6 Å². The number of piperidine rings is 1. The number of nitrogens with one attached hydrogen (secondary N) is 1. The van der Waals surface area contributed by atoms with Gasteiger partial charge in [0.25, 0.3) is 0 Å². The van der Waals surface area contributed by atoms with E-state index in [1.54, 1.807) is 37.5 Å². The summed E-state index contributed by atoms with van der Waals surface area (Å²) in [6.45, 7) is 6.80. The molecule has 3 atom stereocenters. The van der Waals surface area contributed by atoms with Crippen LogP contribution in [-0.2, 0) is 14.8 Å². The first kappa shape index (κ1) is 28.0. The lowest BCUT2D eigenvalue weighted by Crippen LogP contribution is -2.60. The standard InChI is InChI=1S/C29H31F2N3O5S/c1-17-5-9-20(10-6-17)40(37,38)32-23-15-33(28(36)39-29(2,3)4)16-26(27(23)35)34-24-11-7-18(30)13-21(24)22-14-19(31)8-12-25(22)34/h5-14,23,26-27,32,35H,15-16H2,1-4H3/t23-,26+,27+/m1/s1. The van der Waals surface area contributed by atoms with E-state index in [0.717, 1.165) is 5.56 Å². The molecular weight excluding hydrogens is 540 g/mol. The monoisotopic (exact) mass is 571 g/mol. The van der Waals surface area contributed by atoms with Crippen molar-refractivity contribution < 1.29 is 31.8 Å². The normalized spacial score (nSPS) is 20.3. The Morgan fingerprint density at radius 2 is 1.50 bits per heavy atom. The molecule has 0 spiro atoms. The van der Waals surface area contributed by atoms with Gasteiger partial charge in [-0.05, 0) is 76.2 Å². The topological polar surface area (TPSA) is 101 Å². The molecule has 1 saturated heterocycles. The van der Waals surface area contributed by atoms with Crippen LogP contribution in [0.25, 0.3) is 21.8 Å². The Bertz CT molecular complexity index is 1640. The first-order valence-electron chi connectivity index (χ1n) is 12.9. The minimum absolute atomic E-state index is 0.0130. The van der Waals surface area contributed by atoms with Crippen molar-refractivity contribution >= 4 is 37.9 Å². The van der Waals surface area contributed by atoms with Crippen molar-refractivity contribution in [3.63, 3.8) is 0 Å². The van der Waals surface area contributed by atoms with Gasteiger partial charge in [0.15, 0.2) is 0 Å². The van der Waals surface area contributed by atoms with E-state index in [1.807, 2.05) is 6.92 Å². The summed E-state index contributed by atoms with van der Waals surface area (Å²) >= 11 is 0. The smallest absolute Gasteiger partial charge is 0.410 e. The second-order valence-corrected chi connectivity index (χ2v) is 12.9. The highest BCUT2D eigenvalue weighted by Crippen LogP contribution is 2.36. The number of nitrogens with zero attached hydrogens (tertiary/aromatic N) is 2. The number of rotatable bonds is 4. The van der Waals surface area contributed by atoms with Gasteiger partial charge in [0, 0.05) is 34.9 Å². The summed E-state index contributed by atoms with van der Waals surface area (Å²) in [5.41, 5.74) is 1.06. The lowest BCUT2D eigenvalue weighted by molar-refractivity contribution is -0.0147. The molecule has 0 unspecified atom stereocenters. The zero-order valence-corrected chi connectivity index (χ0v) is 23.4. The molecule has 212 valence electrons. The third kappa shape index (κ3) is 5.41. The van der Waals surface area contributed by atoms with Crippen LogP contribution >= 0.6 is 0 Å². The zero-order chi connectivity index (χ0) is 29.0. The maximum Gasteiger partial charge on any atom is 0.410 e. The van der Waals surface area contributed by atoms with E-state index in [1.165, 1.54) is 53.4 Å². The number of likely N-dealkylation sites (tertiary alicyclic amines) is 1. The highest BCUT2D eigenvalue weighted by Gasteiger charge is 2.42. The predicted octanol–water partition coefficient (Wildman–Crippen LogP) is 4.88.